The van der Waals surface area contributed by atoms with Gasteiger partial charge >= 0.3 is 0 Å². The van der Waals surface area contributed by atoms with Crippen LogP contribution in [-0.4, -0.2) is 0 Å². The molecule has 0 aliphatic rings. The molecule has 1 rings (SSSR count). The van der Waals surface area contributed by atoms with Gasteiger partial charge in [-0.2, -0.15) is 0 Å². The first-order valence-electron chi connectivity index (χ1n) is 3.90. The average molecular weight is 203 g/mol. The molecule has 0 nitrogen and oxygen atoms in total. The first kappa shape index (κ1) is 9.88. The number of aryl methyl sites for hydroxylation is 2. The van der Waals surface area contributed by atoms with E-state index in [9.17, 15) is 0 Å². The normalized spacial score (nSPS) is 10.3. The van der Waals surface area contributed by atoms with Gasteiger partial charge in [0, 0.05) is 11.8 Å². The number of halogens is 2. The number of hydrogen-bond donors (Lipinski definition) is 0. The predicted octanol–water partition coefficient (Wildman–Crippen LogP) is 3.78. The fraction of sp³-hybridized carbons (Fsp3) is 0.400. The molecule has 2 heteroatoms. The van der Waals surface area contributed by atoms with E-state index in [0.29, 0.717) is 11.8 Å². The zero-order valence-electron chi connectivity index (χ0n) is 7.32. The van der Waals surface area contributed by atoms with Gasteiger partial charge in [-0.05, 0) is 36.1 Å². The van der Waals surface area contributed by atoms with Crippen molar-refractivity contribution in [2.24, 2.45) is 0 Å². The lowest BCUT2D eigenvalue weighted by molar-refractivity contribution is 1.17. The van der Waals surface area contributed by atoms with Crippen LogP contribution in [0.4, 0.5) is 0 Å². The van der Waals surface area contributed by atoms with Gasteiger partial charge in [-0.1, -0.05) is 12.1 Å². The Morgan fingerprint density at radius 3 is 1.50 bits per heavy atom. The Hall–Kier alpha value is -0.200. The summed E-state index contributed by atoms with van der Waals surface area (Å²) in [7, 11) is 0. The molecule has 0 aromatic heterocycles. The van der Waals surface area contributed by atoms with E-state index < -0.39 is 0 Å². The Morgan fingerprint density at radius 1 is 0.917 bits per heavy atom. The van der Waals surface area contributed by atoms with Crippen molar-refractivity contribution in [1.82, 2.24) is 0 Å². The maximum Gasteiger partial charge on any atom is 0.0479 e. The third-order valence-corrected chi connectivity index (χ3v) is 2.70. The lowest BCUT2D eigenvalue weighted by Gasteiger charge is -2.10. The van der Waals surface area contributed by atoms with Crippen molar-refractivity contribution < 1.29 is 0 Å². The van der Waals surface area contributed by atoms with Crippen molar-refractivity contribution >= 4 is 23.2 Å². The Labute approximate surface area is 83.5 Å². The molecular formula is C10H12Cl2. The van der Waals surface area contributed by atoms with Crippen molar-refractivity contribution in [3.05, 3.63) is 34.4 Å². The molecule has 0 aliphatic heterocycles. The van der Waals surface area contributed by atoms with Gasteiger partial charge in [-0.3, -0.25) is 0 Å². The predicted molar refractivity (Wildman–Crippen MR) is 55.0 cm³/mol. The minimum atomic E-state index is 0.551. The minimum Gasteiger partial charge on any atom is -0.122 e. The van der Waals surface area contributed by atoms with E-state index in [4.69, 9.17) is 23.2 Å². The van der Waals surface area contributed by atoms with Gasteiger partial charge in [-0.25, -0.2) is 0 Å². The molecule has 66 valence electrons. The maximum atomic E-state index is 5.83. The highest BCUT2D eigenvalue weighted by Gasteiger charge is 2.05. The largest absolute Gasteiger partial charge is 0.122 e. The van der Waals surface area contributed by atoms with Crippen LogP contribution in [0.1, 0.15) is 22.3 Å². The smallest absolute Gasteiger partial charge is 0.0479 e. The summed E-state index contributed by atoms with van der Waals surface area (Å²) in [6.07, 6.45) is 0. The highest BCUT2D eigenvalue weighted by Crippen LogP contribution is 2.21. The molecule has 0 aliphatic carbocycles. The number of rotatable bonds is 2. The molecule has 0 amide bonds. The SMILES string of the molecule is Cc1ccc(C)c(CCl)c1CCl. The lowest BCUT2D eigenvalue weighted by atomic mass is 10.00. The van der Waals surface area contributed by atoms with Crippen molar-refractivity contribution in [3.8, 4) is 0 Å². The summed E-state index contributed by atoms with van der Waals surface area (Å²) in [5.41, 5.74) is 4.83. The van der Waals surface area contributed by atoms with Gasteiger partial charge in [0.1, 0.15) is 0 Å². The van der Waals surface area contributed by atoms with Gasteiger partial charge in [0.05, 0.1) is 0 Å². The van der Waals surface area contributed by atoms with Crippen LogP contribution in [0.3, 0.4) is 0 Å². The van der Waals surface area contributed by atoms with Crippen molar-refractivity contribution in [2.75, 3.05) is 0 Å². The molecule has 0 bridgehead atoms. The van der Waals surface area contributed by atoms with Crippen LogP contribution >= 0.6 is 23.2 Å². The molecule has 0 unspecified atom stereocenters. The van der Waals surface area contributed by atoms with Crippen LogP contribution in [0.15, 0.2) is 12.1 Å². The average Bonchev–Trinajstić information content (AvgIpc) is 2.08. The van der Waals surface area contributed by atoms with Crippen molar-refractivity contribution in [3.63, 3.8) is 0 Å². The second-order valence-electron chi connectivity index (χ2n) is 2.92. The maximum absolute atomic E-state index is 5.83. The summed E-state index contributed by atoms with van der Waals surface area (Å²) in [4.78, 5) is 0. The fourth-order valence-corrected chi connectivity index (χ4v) is 2.04. The Balaban J connectivity index is 3.28. The lowest BCUT2D eigenvalue weighted by Crippen LogP contribution is -1.95. The summed E-state index contributed by atoms with van der Waals surface area (Å²) in [5, 5.41) is 0. The van der Waals surface area contributed by atoms with E-state index in [1.165, 1.54) is 22.3 Å². The molecule has 0 radical (unpaired) electrons. The van der Waals surface area contributed by atoms with Gasteiger partial charge in [0.15, 0.2) is 0 Å². The van der Waals surface area contributed by atoms with Crippen LogP contribution < -0.4 is 0 Å². The first-order valence-corrected chi connectivity index (χ1v) is 4.97. The van der Waals surface area contributed by atoms with E-state index >= 15 is 0 Å². The van der Waals surface area contributed by atoms with Crippen molar-refractivity contribution in [2.45, 2.75) is 25.6 Å². The van der Waals surface area contributed by atoms with Gasteiger partial charge < -0.3 is 0 Å². The van der Waals surface area contributed by atoms with Crippen LogP contribution in [0, 0.1) is 13.8 Å². The monoisotopic (exact) mass is 202 g/mol. The highest BCUT2D eigenvalue weighted by atomic mass is 35.5. The second kappa shape index (κ2) is 4.15. The standard InChI is InChI=1S/C10H12Cl2/c1-7-3-4-8(2)10(6-12)9(7)5-11/h3-4H,5-6H2,1-2H3. The number of hydrogen-bond acceptors (Lipinski definition) is 0. The Bertz CT molecular complexity index is 250. The molecule has 0 N–H and O–H groups in total. The third-order valence-electron chi connectivity index (χ3n) is 2.17. The van der Waals surface area contributed by atoms with E-state index in [0.717, 1.165) is 0 Å². The molecule has 1 aromatic rings. The van der Waals surface area contributed by atoms with Crippen LogP contribution in [0.2, 0.25) is 0 Å². The Morgan fingerprint density at radius 2 is 1.25 bits per heavy atom. The fourth-order valence-electron chi connectivity index (χ4n) is 1.30. The number of alkyl halides is 2. The van der Waals surface area contributed by atoms with Gasteiger partial charge in [0.25, 0.3) is 0 Å². The zero-order valence-corrected chi connectivity index (χ0v) is 8.84. The molecule has 0 spiro atoms. The summed E-state index contributed by atoms with van der Waals surface area (Å²) in [6, 6.07) is 4.17. The van der Waals surface area contributed by atoms with Gasteiger partial charge in [-0.15, -0.1) is 23.2 Å². The van der Waals surface area contributed by atoms with Gasteiger partial charge in [0.2, 0.25) is 0 Å². The van der Waals surface area contributed by atoms with E-state index in [2.05, 4.69) is 26.0 Å². The minimum absolute atomic E-state index is 0.551. The molecule has 0 saturated carbocycles. The molecule has 0 atom stereocenters. The second-order valence-corrected chi connectivity index (χ2v) is 3.46. The van der Waals surface area contributed by atoms with Crippen LogP contribution in [0.5, 0.6) is 0 Å². The van der Waals surface area contributed by atoms with E-state index in [1.807, 2.05) is 0 Å². The van der Waals surface area contributed by atoms with Crippen LogP contribution in [0.25, 0.3) is 0 Å². The molecule has 12 heavy (non-hydrogen) atoms. The van der Waals surface area contributed by atoms with Crippen molar-refractivity contribution in [1.29, 1.82) is 0 Å². The summed E-state index contributed by atoms with van der Waals surface area (Å²) in [6.45, 7) is 4.13. The summed E-state index contributed by atoms with van der Waals surface area (Å²) >= 11 is 11.7. The molecule has 0 fully saturated rings. The molecular weight excluding hydrogens is 191 g/mol. The quantitative estimate of drug-likeness (QED) is 0.641. The molecule has 0 saturated heterocycles. The summed E-state index contributed by atoms with van der Waals surface area (Å²) in [5.74, 6) is 1.10. The molecule has 1 aromatic carbocycles. The van der Waals surface area contributed by atoms with E-state index in [-0.39, 0.29) is 0 Å². The molecule has 0 heterocycles. The highest BCUT2D eigenvalue weighted by molar-refractivity contribution is 6.18. The summed E-state index contributed by atoms with van der Waals surface area (Å²) < 4.78 is 0. The number of benzene rings is 1. The zero-order chi connectivity index (χ0) is 9.14. The van der Waals surface area contributed by atoms with E-state index in [1.54, 1.807) is 0 Å². The van der Waals surface area contributed by atoms with Crippen LogP contribution in [-0.2, 0) is 11.8 Å². The topological polar surface area (TPSA) is 0 Å². The Kier molecular flexibility index (Phi) is 3.42. The first-order chi connectivity index (χ1) is 5.70. The third kappa shape index (κ3) is 1.75.